The smallest absolute Gasteiger partial charge is 0.321 e. The lowest BCUT2D eigenvalue weighted by Crippen LogP contribution is -2.62. The zero-order valence-electron chi connectivity index (χ0n) is 17.2. The van der Waals surface area contributed by atoms with Crippen LogP contribution in [0.3, 0.4) is 0 Å². The maximum atomic E-state index is 13.8. The second kappa shape index (κ2) is 6.23. The molecule has 2 amide bonds. The van der Waals surface area contributed by atoms with Crippen LogP contribution in [0.2, 0.25) is 0 Å². The summed E-state index contributed by atoms with van der Waals surface area (Å²) in [4.78, 5) is 18.3. The summed E-state index contributed by atoms with van der Waals surface area (Å²) >= 11 is 3.52. The van der Waals surface area contributed by atoms with E-state index in [1.165, 1.54) is 31.2 Å². The second-order valence-electron chi connectivity index (χ2n) is 10.9. The predicted molar refractivity (Wildman–Crippen MR) is 115 cm³/mol. The summed E-state index contributed by atoms with van der Waals surface area (Å²) in [6.07, 6.45) is 7.71. The molecule has 5 aliphatic carbocycles. The molecule has 1 heterocycles. The van der Waals surface area contributed by atoms with Crippen molar-refractivity contribution < 1.29 is 9.90 Å². The van der Waals surface area contributed by atoms with Crippen molar-refractivity contribution in [2.75, 3.05) is 6.54 Å². The van der Waals surface area contributed by atoms with Crippen molar-refractivity contribution in [2.24, 2.45) is 23.7 Å². The van der Waals surface area contributed by atoms with Gasteiger partial charge in [0, 0.05) is 23.6 Å². The summed E-state index contributed by atoms with van der Waals surface area (Å²) < 4.78 is 1.08. The lowest BCUT2D eigenvalue weighted by Gasteiger charge is -2.59. The van der Waals surface area contributed by atoms with Crippen molar-refractivity contribution >= 4 is 22.0 Å². The van der Waals surface area contributed by atoms with Crippen LogP contribution in [-0.4, -0.2) is 44.7 Å². The Morgan fingerprint density at radius 3 is 2.34 bits per heavy atom. The van der Waals surface area contributed by atoms with Crippen LogP contribution in [0, 0.1) is 23.7 Å². The third kappa shape index (κ3) is 2.90. The second-order valence-corrected chi connectivity index (χ2v) is 11.9. The first-order valence-corrected chi connectivity index (χ1v) is 12.2. The molecule has 1 aliphatic heterocycles. The number of carbonyl (C=O) groups is 1. The average molecular weight is 459 g/mol. The number of hydrogen-bond acceptors (Lipinski definition) is 2. The standard InChI is InChI=1S/C24H31BrN2O2/c1-23(19-4-5-19)14-26(22(28)27(23)13-15-2-6-20(25)7-3-15)21-17-8-16-9-18(21)12-24(29,10-16)11-17/h2-3,6-7,16-19,21,29H,4-5,8-14H2,1H3/t16?,17-,18-,21?,23+,24?/m1/s1. The Bertz CT molecular complexity index is 822. The number of amides is 2. The van der Waals surface area contributed by atoms with Crippen molar-refractivity contribution in [1.82, 2.24) is 9.80 Å². The highest BCUT2D eigenvalue weighted by molar-refractivity contribution is 9.10. The van der Waals surface area contributed by atoms with Crippen LogP contribution < -0.4 is 0 Å². The molecule has 0 aromatic heterocycles. The Labute approximate surface area is 181 Å². The highest BCUT2D eigenvalue weighted by Gasteiger charge is 2.61. The summed E-state index contributed by atoms with van der Waals surface area (Å²) in [5.74, 6) is 2.30. The van der Waals surface area contributed by atoms with Crippen LogP contribution in [0.1, 0.15) is 57.4 Å². The van der Waals surface area contributed by atoms with E-state index in [0.717, 1.165) is 30.3 Å². The molecule has 0 radical (unpaired) electrons. The molecule has 29 heavy (non-hydrogen) atoms. The molecule has 5 saturated carbocycles. The molecule has 156 valence electrons. The van der Waals surface area contributed by atoms with Gasteiger partial charge in [-0.3, -0.25) is 0 Å². The van der Waals surface area contributed by atoms with Crippen molar-refractivity contribution in [3.05, 3.63) is 34.3 Å². The average Bonchev–Trinajstić information content (AvgIpc) is 3.47. The monoisotopic (exact) mass is 458 g/mol. The van der Waals surface area contributed by atoms with Gasteiger partial charge in [0.15, 0.2) is 0 Å². The summed E-state index contributed by atoms with van der Waals surface area (Å²) in [5.41, 5.74) is 0.706. The molecule has 0 unspecified atom stereocenters. The molecule has 3 atom stereocenters. The number of carbonyl (C=O) groups excluding carboxylic acids is 1. The molecule has 1 N–H and O–H groups in total. The molecular weight excluding hydrogens is 428 g/mol. The van der Waals surface area contributed by atoms with Crippen LogP contribution in [0.5, 0.6) is 0 Å². The van der Waals surface area contributed by atoms with Gasteiger partial charge in [0.25, 0.3) is 0 Å². The fourth-order valence-corrected chi connectivity index (χ4v) is 7.91. The number of rotatable bonds is 4. The Morgan fingerprint density at radius 1 is 1.10 bits per heavy atom. The first kappa shape index (κ1) is 18.7. The Hall–Kier alpha value is -1.07. The number of nitrogens with zero attached hydrogens (tertiary/aromatic N) is 2. The number of aliphatic hydroxyl groups is 1. The third-order valence-corrected chi connectivity index (χ3v) is 9.37. The van der Waals surface area contributed by atoms with Gasteiger partial charge >= 0.3 is 6.03 Å². The van der Waals surface area contributed by atoms with Crippen LogP contribution in [0.25, 0.3) is 0 Å². The number of urea groups is 1. The van der Waals surface area contributed by atoms with Crippen LogP contribution in [-0.2, 0) is 6.54 Å². The van der Waals surface area contributed by atoms with Gasteiger partial charge in [-0.2, -0.15) is 0 Å². The largest absolute Gasteiger partial charge is 0.390 e. The molecular formula is C24H31BrN2O2. The van der Waals surface area contributed by atoms with Crippen LogP contribution in [0.4, 0.5) is 4.79 Å². The number of hydrogen-bond donors (Lipinski definition) is 1. The van der Waals surface area contributed by atoms with Crippen LogP contribution in [0.15, 0.2) is 28.7 Å². The predicted octanol–water partition coefficient (Wildman–Crippen LogP) is 4.80. The fraction of sp³-hybridized carbons (Fsp3) is 0.708. The van der Waals surface area contributed by atoms with Crippen molar-refractivity contribution in [2.45, 2.75) is 75.6 Å². The van der Waals surface area contributed by atoms with Gasteiger partial charge in [-0.1, -0.05) is 28.1 Å². The SMILES string of the molecule is C[C@@]1(C2CC2)CN(C2[C@@H]3CC4C[C@@H]2CC(O)(C4)C3)C(=O)N1Cc1ccc(Br)cc1. The lowest BCUT2D eigenvalue weighted by molar-refractivity contribution is -0.152. The van der Waals surface area contributed by atoms with E-state index in [-0.39, 0.29) is 11.6 Å². The molecule has 0 spiro atoms. The van der Waals surface area contributed by atoms with Gasteiger partial charge in [0.1, 0.15) is 0 Å². The third-order valence-electron chi connectivity index (χ3n) is 8.85. The van der Waals surface area contributed by atoms with Crippen molar-refractivity contribution in [1.29, 1.82) is 0 Å². The van der Waals surface area contributed by atoms with Gasteiger partial charge in [-0.15, -0.1) is 0 Å². The summed E-state index contributed by atoms with van der Waals surface area (Å²) in [6.45, 7) is 3.89. The molecule has 4 nitrogen and oxygen atoms in total. The molecule has 1 saturated heterocycles. The lowest BCUT2D eigenvalue weighted by atomic mass is 9.52. The maximum Gasteiger partial charge on any atom is 0.321 e. The van der Waals surface area contributed by atoms with Gasteiger partial charge in [-0.05, 0) is 93.2 Å². The van der Waals surface area contributed by atoms with E-state index >= 15 is 0 Å². The van der Waals surface area contributed by atoms with Gasteiger partial charge in [0.2, 0.25) is 0 Å². The van der Waals surface area contributed by atoms with Gasteiger partial charge in [0.05, 0.1) is 11.1 Å². The highest BCUT2D eigenvalue weighted by Crippen LogP contribution is 2.58. The quantitative estimate of drug-likeness (QED) is 0.704. The molecule has 6 aliphatic rings. The summed E-state index contributed by atoms with van der Waals surface area (Å²) in [7, 11) is 0. The van der Waals surface area contributed by atoms with Crippen molar-refractivity contribution in [3.8, 4) is 0 Å². The number of benzene rings is 1. The van der Waals surface area contributed by atoms with E-state index < -0.39 is 5.60 Å². The zero-order chi connectivity index (χ0) is 20.0. The first-order valence-electron chi connectivity index (χ1n) is 11.4. The van der Waals surface area contributed by atoms with E-state index in [4.69, 9.17) is 0 Å². The first-order chi connectivity index (χ1) is 13.8. The minimum Gasteiger partial charge on any atom is -0.390 e. The highest BCUT2D eigenvalue weighted by atomic mass is 79.9. The van der Waals surface area contributed by atoms with Gasteiger partial charge in [-0.25, -0.2) is 4.79 Å². The molecule has 1 aromatic rings. The summed E-state index contributed by atoms with van der Waals surface area (Å²) in [5, 5.41) is 11.0. The van der Waals surface area contributed by atoms with Gasteiger partial charge < -0.3 is 14.9 Å². The maximum absolute atomic E-state index is 13.8. The normalized spacial score (nSPS) is 43.5. The minimum atomic E-state index is -0.438. The van der Waals surface area contributed by atoms with E-state index in [0.29, 0.717) is 36.3 Å². The number of halogens is 1. The Balaban J connectivity index is 1.30. The van der Waals surface area contributed by atoms with E-state index in [9.17, 15) is 9.90 Å². The van der Waals surface area contributed by atoms with Crippen molar-refractivity contribution in [3.63, 3.8) is 0 Å². The van der Waals surface area contributed by atoms with Crippen LogP contribution >= 0.6 is 15.9 Å². The molecule has 7 rings (SSSR count). The summed E-state index contributed by atoms with van der Waals surface area (Å²) in [6, 6.07) is 8.98. The molecule has 5 heteroatoms. The van der Waals surface area contributed by atoms with E-state index in [1.54, 1.807) is 0 Å². The van der Waals surface area contributed by atoms with E-state index in [2.05, 4.69) is 56.9 Å². The fourth-order valence-electron chi connectivity index (χ4n) is 7.64. The Morgan fingerprint density at radius 2 is 1.76 bits per heavy atom. The Kier molecular flexibility index (Phi) is 4.01. The minimum absolute atomic E-state index is 0.0598. The molecule has 1 aromatic carbocycles. The zero-order valence-corrected chi connectivity index (χ0v) is 18.8. The topological polar surface area (TPSA) is 43.8 Å². The molecule has 4 bridgehead atoms. The van der Waals surface area contributed by atoms with E-state index in [1.807, 2.05) is 0 Å². The molecule has 6 fully saturated rings.